The highest BCUT2D eigenvalue weighted by Gasteiger charge is 1.96. The second-order valence-electron chi connectivity index (χ2n) is 0.996. The van der Waals surface area contributed by atoms with Crippen LogP contribution in [0.4, 0.5) is 0 Å². The van der Waals surface area contributed by atoms with Crippen LogP contribution in [0.25, 0.3) is 0 Å². The van der Waals surface area contributed by atoms with Gasteiger partial charge in [0.1, 0.15) is 0 Å². The predicted octanol–water partition coefficient (Wildman–Crippen LogP) is 0.308. The Morgan fingerprint density at radius 3 is 2.57 bits per heavy atom. The van der Waals surface area contributed by atoms with E-state index < -0.39 is 5.25 Å². The molecule has 3 heteroatoms. The van der Waals surface area contributed by atoms with Gasteiger partial charge in [0.2, 0.25) is 6.29 Å². The molecule has 0 heterocycles. The minimum atomic E-state index is -0.523. The lowest BCUT2D eigenvalue weighted by molar-refractivity contribution is 0.553. The third-order valence-corrected chi connectivity index (χ3v) is 0.709. The van der Waals surface area contributed by atoms with Gasteiger partial charge >= 0.3 is 0 Å². The van der Waals surface area contributed by atoms with E-state index in [-0.39, 0.29) is 6.42 Å². The van der Waals surface area contributed by atoms with Crippen molar-refractivity contribution in [1.29, 1.82) is 5.26 Å². The fourth-order valence-electron chi connectivity index (χ4n) is 0.128. The first-order chi connectivity index (χ1) is 3.31. The summed E-state index contributed by atoms with van der Waals surface area (Å²) >= 11 is 3.66. The van der Waals surface area contributed by atoms with Crippen molar-refractivity contribution in [3.8, 4) is 6.07 Å². The van der Waals surface area contributed by atoms with Crippen molar-refractivity contribution in [2.24, 2.45) is 0 Å². The molecule has 0 aliphatic rings. The summed E-state index contributed by atoms with van der Waals surface area (Å²) in [7, 11) is 0. The topological polar surface area (TPSA) is 40.9 Å². The maximum absolute atomic E-state index is 9.54. The molecule has 0 rings (SSSR count). The van der Waals surface area contributed by atoms with Crippen LogP contribution in [0.1, 0.15) is 6.42 Å². The SMILES string of the molecule is N#CCC(S)[C]=O. The molecule has 0 N–H and O–H groups in total. The van der Waals surface area contributed by atoms with E-state index >= 15 is 0 Å². The predicted molar refractivity (Wildman–Crippen MR) is 28.7 cm³/mol. The van der Waals surface area contributed by atoms with E-state index in [1.807, 2.05) is 0 Å². The number of nitriles is 1. The average molecular weight is 114 g/mol. The summed E-state index contributed by atoms with van der Waals surface area (Å²) < 4.78 is 0. The second kappa shape index (κ2) is 3.69. The van der Waals surface area contributed by atoms with Gasteiger partial charge in [-0.1, -0.05) is 0 Å². The van der Waals surface area contributed by atoms with Gasteiger partial charge in [-0.05, 0) is 0 Å². The Morgan fingerprint density at radius 2 is 2.43 bits per heavy atom. The highest BCUT2D eigenvalue weighted by atomic mass is 32.1. The maximum Gasteiger partial charge on any atom is 0.213 e. The first-order valence-electron chi connectivity index (χ1n) is 1.74. The van der Waals surface area contributed by atoms with Gasteiger partial charge in [-0.25, -0.2) is 0 Å². The molecule has 37 valence electrons. The van der Waals surface area contributed by atoms with Gasteiger partial charge in [-0.3, -0.25) is 4.79 Å². The fraction of sp³-hybridized carbons (Fsp3) is 0.500. The monoisotopic (exact) mass is 114 g/mol. The minimum Gasteiger partial charge on any atom is -0.290 e. The molecule has 0 aromatic rings. The Bertz CT molecular complexity index is 96.4. The molecule has 2 nitrogen and oxygen atoms in total. The Labute approximate surface area is 47.5 Å². The number of hydrogen-bond acceptors (Lipinski definition) is 3. The zero-order valence-corrected chi connectivity index (χ0v) is 4.48. The highest BCUT2D eigenvalue weighted by molar-refractivity contribution is 7.81. The Balaban J connectivity index is 3.21. The lowest BCUT2D eigenvalue weighted by Crippen LogP contribution is -1.95. The van der Waals surface area contributed by atoms with Crippen LogP contribution >= 0.6 is 12.6 Å². The normalized spacial score (nSPS) is 12.0. The van der Waals surface area contributed by atoms with E-state index in [1.54, 1.807) is 12.4 Å². The third kappa shape index (κ3) is 3.34. The van der Waals surface area contributed by atoms with E-state index in [2.05, 4.69) is 12.6 Å². The molecule has 7 heavy (non-hydrogen) atoms. The van der Waals surface area contributed by atoms with Crippen LogP contribution in [-0.2, 0) is 4.79 Å². The second-order valence-corrected chi connectivity index (χ2v) is 1.62. The lowest BCUT2D eigenvalue weighted by atomic mass is 10.4. The van der Waals surface area contributed by atoms with E-state index in [9.17, 15) is 4.79 Å². The van der Waals surface area contributed by atoms with Crippen LogP contribution in [0.3, 0.4) is 0 Å². The summed E-state index contributed by atoms with van der Waals surface area (Å²) in [6.07, 6.45) is 1.70. The first-order valence-corrected chi connectivity index (χ1v) is 2.25. The summed E-state index contributed by atoms with van der Waals surface area (Å²) in [6.45, 7) is 0. The van der Waals surface area contributed by atoms with E-state index in [1.165, 1.54) is 0 Å². The van der Waals surface area contributed by atoms with Crippen molar-refractivity contribution in [2.75, 3.05) is 0 Å². The molecule has 1 radical (unpaired) electrons. The molecular weight excluding hydrogens is 110 g/mol. The van der Waals surface area contributed by atoms with Crippen LogP contribution in [0.5, 0.6) is 0 Å². The van der Waals surface area contributed by atoms with E-state index in [4.69, 9.17) is 5.26 Å². The van der Waals surface area contributed by atoms with Crippen molar-refractivity contribution in [3.05, 3.63) is 0 Å². The summed E-state index contributed by atoms with van der Waals surface area (Å²) in [4.78, 5) is 9.54. The van der Waals surface area contributed by atoms with Crippen LogP contribution in [0.2, 0.25) is 0 Å². The van der Waals surface area contributed by atoms with Gasteiger partial charge in [-0.2, -0.15) is 17.9 Å². The van der Waals surface area contributed by atoms with Crippen LogP contribution in [0.15, 0.2) is 0 Å². The summed E-state index contributed by atoms with van der Waals surface area (Å²) in [5.41, 5.74) is 0. The van der Waals surface area contributed by atoms with Crippen molar-refractivity contribution >= 4 is 18.9 Å². The number of rotatable bonds is 2. The molecule has 0 fully saturated rings. The van der Waals surface area contributed by atoms with Crippen molar-refractivity contribution in [3.63, 3.8) is 0 Å². The fourth-order valence-corrected chi connectivity index (χ4v) is 0.210. The highest BCUT2D eigenvalue weighted by Crippen LogP contribution is 1.92. The van der Waals surface area contributed by atoms with E-state index in [0.717, 1.165) is 0 Å². The molecular formula is C4H4NOS. The molecule has 0 aromatic carbocycles. The molecule has 1 atom stereocenters. The molecule has 0 aliphatic carbocycles. The zero-order valence-electron chi connectivity index (χ0n) is 3.59. The molecule has 0 aromatic heterocycles. The van der Waals surface area contributed by atoms with Crippen LogP contribution < -0.4 is 0 Å². The third-order valence-electron chi connectivity index (χ3n) is 0.421. The standard InChI is InChI=1S/C4H4NOS/c5-2-1-4(7)3-6/h4,7H,1H2. The Morgan fingerprint density at radius 1 is 1.86 bits per heavy atom. The minimum absolute atomic E-state index is 0.145. The van der Waals surface area contributed by atoms with Gasteiger partial charge in [0, 0.05) is 0 Å². The molecule has 0 spiro atoms. The molecule has 0 bridgehead atoms. The Kier molecular flexibility index (Phi) is 3.43. The summed E-state index contributed by atoms with van der Waals surface area (Å²) in [5.74, 6) is 0. The first kappa shape index (κ1) is 6.51. The quantitative estimate of drug-likeness (QED) is 0.525. The molecule has 0 saturated carbocycles. The summed E-state index contributed by atoms with van der Waals surface area (Å²) in [5, 5.41) is 7.37. The summed E-state index contributed by atoms with van der Waals surface area (Å²) in [6, 6.07) is 1.78. The van der Waals surface area contributed by atoms with Gasteiger partial charge in [0.15, 0.2) is 0 Å². The van der Waals surface area contributed by atoms with Gasteiger partial charge < -0.3 is 0 Å². The molecule has 0 aliphatic heterocycles. The number of thiol groups is 1. The molecule has 1 unspecified atom stereocenters. The van der Waals surface area contributed by atoms with Crippen molar-refractivity contribution in [1.82, 2.24) is 0 Å². The van der Waals surface area contributed by atoms with E-state index in [0.29, 0.717) is 0 Å². The molecule has 0 saturated heterocycles. The van der Waals surface area contributed by atoms with Crippen LogP contribution in [0, 0.1) is 11.3 Å². The number of nitrogens with zero attached hydrogens (tertiary/aromatic N) is 1. The maximum atomic E-state index is 9.54. The van der Waals surface area contributed by atoms with Gasteiger partial charge in [0.25, 0.3) is 0 Å². The Hall–Kier alpha value is -0.490. The number of hydrogen-bond donors (Lipinski definition) is 1. The van der Waals surface area contributed by atoms with Gasteiger partial charge in [-0.15, -0.1) is 0 Å². The largest absolute Gasteiger partial charge is 0.290 e. The molecule has 0 amide bonds. The smallest absolute Gasteiger partial charge is 0.213 e. The van der Waals surface area contributed by atoms with Crippen LogP contribution in [-0.4, -0.2) is 11.5 Å². The average Bonchev–Trinajstić information content (AvgIpc) is 1.68. The zero-order chi connectivity index (χ0) is 5.70. The van der Waals surface area contributed by atoms with Crippen molar-refractivity contribution in [2.45, 2.75) is 11.7 Å². The number of carbonyl (C=O) groups excluding carboxylic acids is 1. The van der Waals surface area contributed by atoms with Gasteiger partial charge in [0.05, 0.1) is 17.7 Å². The van der Waals surface area contributed by atoms with Crippen molar-refractivity contribution < 1.29 is 4.79 Å². The lowest BCUT2D eigenvalue weighted by Gasteiger charge is -1.85.